The van der Waals surface area contributed by atoms with E-state index in [2.05, 4.69) is 5.32 Å². The summed E-state index contributed by atoms with van der Waals surface area (Å²) in [6.07, 6.45) is 2.73. The highest BCUT2D eigenvalue weighted by Gasteiger charge is 2.22. The number of carboxylic acids is 1. The van der Waals surface area contributed by atoms with Gasteiger partial charge >= 0.3 is 5.97 Å². The summed E-state index contributed by atoms with van der Waals surface area (Å²) in [5.41, 5.74) is 2.28. The third kappa shape index (κ3) is 6.67. The van der Waals surface area contributed by atoms with Crippen LogP contribution in [-0.4, -0.2) is 29.6 Å². The maximum atomic E-state index is 12.8. The quantitative estimate of drug-likeness (QED) is 0.282. The molecule has 1 amide bonds. The van der Waals surface area contributed by atoms with Crippen LogP contribution >= 0.6 is 0 Å². The Bertz CT molecular complexity index is 1400. The molecule has 2 N–H and O–H groups in total. The number of ether oxygens (including phenoxy) is 2. The third-order valence-electron chi connectivity index (χ3n) is 6.45. The standard InChI is InChI=1S/C31H29NO5/c33-30(32-29(31(34)35)16-21-5-2-1-3-6-21)26-12-11-25-18-28(14-13-24(25)17-26)37-20-23-7-4-8-27(15-23)36-19-22-9-10-22/h1-8,11-15,17-18,22,29H,9-10,16,19-20H2,(H,32,33)(H,34,35). The number of benzene rings is 4. The first kappa shape index (κ1) is 24.4. The van der Waals surface area contributed by atoms with Crippen LogP contribution in [0.4, 0.5) is 0 Å². The summed E-state index contributed by atoms with van der Waals surface area (Å²) in [7, 11) is 0. The third-order valence-corrected chi connectivity index (χ3v) is 6.45. The molecule has 4 aromatic rings. The molecule has 37 heavy (non-hydrogen) atoms. The van der Waals surface area contributed by atoms with Crippen molar-refractivity contribution in [2.75, 3.05) is 6.61 Å². The minimum atomic E-state index is -1.07. The predicted octanol–water partition coefficient (Wildman–Crippen LogP) is 5.63. The van der Waals surface area contributed by atoms with Crippen molar-refractivity contribution in [1.29, 1.82) is 0 Å². The van der Waals surface area contributed by atoms with Crippen molar-refractivity contribution >= 4 is 22.6 Å². The van der Waals surface area contributed by atoms with Crippen LogP contribution in [0.2, 0.25) is 0 Å². The Morgan fingerprint density at radius 3 is 2.32 bits per heavy atom. The van der Waals surface area contributed by atoms with E-state index in [1.54, 1.807) is 12.1 Å². The highest BCUT2D eigenvalue weighted by molar-refractivity contribution is 6.00. The zero-order chi connectivity index (χ0) is 25.6. The number of rotatable bonds is 11. The highest BCUT2D eigenvalue weighted by Crippen LogP contribution is 2.30. The summed E-state index contributed by atoms with van der Waals surface area (Å²) >= 11 is 0. The summed E-state index contributed by atoms with van der Waals surface area (Å²) in [6, 6.07) is 27.2. The van der Waals surface area contributed by atoms with E-state index in [0.29, 0.717) is 18.1 Å². The van der Waals surface area contributed by atoms with Gasteiger partial charge in [-0.15, -0.1) is 0 Å². The Morgan fingerprint density at radius 1 is 0.811 bits per heavy atom. The lowest BCUT2D eigenvalue weighted by atomic mass is 10.0. The molecule has 188 valence electrons. The molecule has 0 saturated heterocycles. The normalized spacial score (nSPS) is 13.6. The molecule has 0 aromatic heterocycles. The molecule has 1 atom stereocenters. The molecule has 1 fully saturated rings. The van der Waals surface area contributed by atoms with Gasteiger partial charge in [-0.2, -0.15) is 0 Å². The summed E-state index contributed by atoms with van der Waals surface area (Å²) in [5, 5.41) is 14.0. The van der Waals surface area contributed by atoms with Crippen LogP contribution in [0.3, 0.4) is 0 Å². The molecular formula is C31H29NO5. The molecule has 5 rings (SSSR count). The van der Waals surface area contributed by atoms with Crippen molar-refractivity contribution < 1.29 is 24.2 Å². The maximum absolute atomic E-state index is 12.8. The van der Waals surface area contributed by atoms with Gasteiger partial charge in [0.15, 0.2) is 0 Å². The summed E-state index contributed by atoms with van der Waals surface area (Å²) < 4.78 is 11.9. The van der Waals surface area contributed by atoms with Crippen molar-refractivity contribution in [2.24, 2.45) is 5.92 Å². The maximum Gasteiger partial charge on any atom is 0.326 e. The van der Waals surface area contributed by atoms with Crippen molar-refractivity contribution in [3.05, 3.63) is 108 Å². The molecule has 1 aliphatic rings. The average Bonchev–Trinajstić information content (AvgIpc) is 3.75. The molecule has 0 heterocycles. The Balaban J connectivity index is 1.21. The van der Waals surface area contributed by atoms with Gasteiger partial charge in [0.25, 0.3) is 5.91 Å². The number of carbonyl (C=O) groups excluding carboxylic acids is 1. The van der Waals surface area contributed by atoms with Crippen LogP contribution in [0.15, 0.2) is 91.0 Å². The number of hydrogen-bond acceptors (Lipinski definition) is 4. The van der Waals surface area contributed by atoms with Gasteiger partial charge < -0.3 is 19.9 Å². The monoisotopic (exact) mass is 495 g/mol. The molecule has 0 aliphatic heterocycles. The second-order valence-corrected chi connectivity index (χ2v) is 9.47. The molecular weight excluding hydrogens is 466 g/mol. The summed E-state index contributed by atoms with van der Waals surface area (Å²) in [5.74, 6) is 0.806. The lowest BCUT2D eigenvalue weighted by Gasteiger charge is -2.15. The number of nitrogens with one attached hydrogen (secondary N) is 1. The second-order valence-electron chi connectivity index (χ2n) is 9.47. The topological polar surface area (TPSA) is 84.9 Å². The van der Waals surface area contributed by atoms with Gasteiger partial charge in [-0.3, -0.25) is 4.79 Å². The zero-order valence-corrected chi connectivity index (χ0v) is 20.4. The molecule has 0 radical (unpaired) electrons. The molecule has 1 unspecified atom stereocenters. The van der Waals surface area contributed by atoms with E-state index in [1.165, 1.54) is 12.8 Å². The van der Waals surface area contributed by atoms with Crippen LogP contribution < -0.4 is 14.8 Å². The van der Waals surface area contributed by atoms with Gasteiger partial charge in [-0.05, 0) is 77.1 Å². The average molecular weight is 496 g/mol. The van der Waals surface area contributed by atoms with Crippen molar-refractivity contribution in [1.82, 2.24) is 5.32 Å². The molecule has 1 saturated carbocycles. The second kappa shape index (κ2) is 11.2. The predicted molar refractivity (Wildman–Crippen MR) is 142 cm³/mol. The van der Waals surface area contributed by atoms with Gasteiger partial charge in [0.2, 0.25) is 0 Å². The van der Waals surface area contributed by atoms with E-state index in [9.17, 15) is 14.7 Å². The van der Waals surface area contributed by atoms with Crippen LogP contribution in [0.25, 0.3) is 10.8 Å². The first-order valence-electron chi connectivity index (χ1n) is 12.5. The van der Waals surface area contributed by atoms with Crippen molar-refractivity contribution in [2.45, 2.75) is 31.9 Å². The largest absolute Gasteiger partial charge is 0.493 e. The minimum absolute atomic E-state index is 0.214. The van der Waals surface area contributed by atoms with Crippen LogP contribution in [-0.2, 0) is 17.8 Å². The number of carboxylic acid groups (broad SMARTS) is 1. The van der Waals surface area contributed by atoms with E-state index in [-0.39, 0.29) is 6.42 Å². The van der Waals surface area contributed by atoms with Gasteiger partial charge in [0.05, 0.1) is 6.61 Å². The highest BCUT2D eigenvalue weighted by atomic mass is 16.5. The summed E-state index contributed by atoms with van der Waals surface area (Å²) in [4.78, 5) is 24.6. The fraction of sp³-hybridized carbons (Fsp3) is 0.226. The van der Waals surface area contributed by atoms with Gasteiger partial charge in [0, 0.05) is 12.0 Å². The van der Waals surface area contributed by atoms with E-state index < -0.39 is 17.9 Å². The minimum Gasteiger partial charge on any atom is -0.493 e. The molecule has 0 bridgehead atoms. The van der Waals surface area contributed by atoms with E-state index >= 15 is 0 Å². The lowest BCUT2D eigenvalue weighted by molar-refractivity contribution is -0.139. The zero-order valence-electron chi connectivity index (χ0n) is 20.4. The molecule has 6 nitrogen and oxygen atoms in total. The van der Waals surface area contributed by atoms with Crippen molar-refractivity contribution in [3.63, 3.8) is 0 Å². The first-order chi connectivity index (χ1) is 18.0. The number of amides is 1. The Labute approximate surface area is 215 Å². The van der Waals surface area contributed by atoms with Gasteiger partial charge in [0.1, 0.15) is 24.1 Å². The van der Waals surface area contributed by atoms with Crippen LogP contribution in [0.5, 0.6) is 11.5 Å². The van der Waals surface area contributed by atoms with Crippen LogP contribution in [0, 0.1) is 5.92 Å². The number of fused-ring (bicyclic) bond motifs is 1. The smallest absolute Gasteiger partial charge is 0.326 e. The first-order valence-corrected chi connectivity index (χ1v) is 12.5. The van der Waals surface area contributed by atoms with Gasteiger partial charge in [-0.25, -0.2) is 4.79 Å². The van der Waals surface area contributed by atoms with E-state index in [0.717, 1.165) is 40.0 Å². The number of aliphatic carboxylic acids is 1. The molecule has 1 aliphatic carbocycles. The summed E-state index contributed by atoms with van der Waals surface area (Å²) in [6.45, 7) is 1.20. The lowest BCUT2D eigenvalue weighted by Crippen LogP contribution is -2.42. The fourth-order valence-corrected chi connectivity index (χ4v) is 4.14. The molecule has 0 spiro atoms. The van der Waals surface area contributed by atoms with E-state index in [1.807, 2.05) is 78.9 Å². The van der Waals surface area contributed by atoms with Crippen molar-refractivity contribution in [3.8, 4) is 11.5 Å². The number of hydrogen-bond donors (Lipinski definition) is 2. The van der Waals surface area contributed by atoms with E-state index in [4.69, 9.17) is 9.47 Å². The number of carbonyl (C=O) groups is 2. The molecule has 6 heteroatoms. The van der Waals surface area contributed by atoms with Gasteiger partial charge in [-0.1, -0.05) is 54.6 Å². The Kier molecular flexibility index (Phi) is 7.36. The van der Waals surface area contributed by atoms with Crippen LogP contribution in [0.1, 0.15) is 34.3 Å². The Morgan fingerprint density at radius 2 is 1.54 bits per heavy atom. The Hall–Kier alpha value is -4.32. The SMILES string of the molecule is O=C(NC(Cc1ccccc1)C(=O)O)c1ccc2cc(OCc3cccc(OCC4CC4)c3)ccc2c1. The molecule has 4 aromatic carbocycles. The fourth-order valence-electron chi connectivity index (χ4n) is 4.14.